The number of aromatic amines is 1. The molecular weight excluding hydrogens is 610 g/mol. The van der Waals surface area contributed by atoms with Crippen LogP contribution in [0.5, 0.6) is 0 Å². The summed E-state index contributed by atoms with van der Waals surface area (Å²) in [6.07, 6.45) is 3.63. The predicted molar refractivity (Wildman–Crippen MR) is 153 cm³/mol. The van der Waals surface area contributed by atoms with Gasteiger partial charge in [-0.15, -0.1) is 0 Å². The standard InChI is InChI=1S/C22H32N10O9P2/c1-12(7-15(37-5-6-38-42(34)36-2)32-10-27-16-18(23)25-9-26-19(16)32)41-43(35)39-8-13-3-4-14(40-13)31-11-28-17-20(31)29-22(24)30-21(17)33/h9-15,42-43H,3-8H2,1-2H3,(H2,23,25,26)(H3,24,29,30,33)/t12-,13+,14-,15-/m1/s1. The minimum atomic E-state index is -2.92. The third-order valence-electron chi connectivity index (χ3n) is 6.54. The number of aromatic nitrogens is 8. The van der Waals surface area contributed by atoms with Gasteiger partial charge in [-0.05, 0) is 19.8 Å². The number of rotatable bonds is 15. The summed E-state index contributed by atoms with van der Waals surface area (Å²) in [5.41, 5.74) is 12.5. The van der Waals surface area contributed by atoms with E-state index in [1.54, 1.807) is 16.1 Å². The largest absolute Gasteiger partial charge is 0.382 e. The summed E-state index contributed by atoms with van der Waals surface area (Å²) < 4.78 is 60.3. The van der Waals surface area contributed by atoms with Gasteiger partial charge in [0.1, 0.15) is 24.3 Å². The lowest BCUT2D eigenvalue weighted by Crippen LogP contribution is -2.21. The molecule has 234 valence electrons. The highest BCUT2D eigenvalue weighted by molar-refractivity contribution is 7.33. The van der Waals surface area contributed by atoms with E-state index in [0.29, 0.717) is 29.7 Å². The van der Waals surface area contributed by atoms with E-state index < -0.39 is 40.6 Å². The third kappa shape index (κ3) is 7.45. The Hall–Kier alpha value is -3.28. The van der Waals surface area contributed by atoms with Gasteiger partial charge in [0.2, 0.25) is 5.95 Å². The average molecular weight is 643 g/mol. The normalized spacial score (nSPS) is 20.0. The van der Waals surface area contributed by atoms with Gasteiger partial charge in [0, 0.05) is 13.5 Å². The van der Waals surface area contributed by atoms with Crippen molar-refractivity contribution < 1.29 is 36.7 Å². The lowest BCUT2D eigenvalue weighted by Gasteiger charge is -2.23. The van der Waals surface area contributed by atoms with Crippen LogP contribution in [0.25, 0.3) is 22.3 Å². The summed E-state index contributed by atoms with van der Waals surface area (Å²) in [7, 11) is -4.24. The molecule has 6 atom stereocenters. The second-order valence-electron chi connectivity index (χ2n) is 9.50. The van der Waals surface area contributed by atoms with Crippen molar-refractivity contribution in [1.29, 1.82) is 0 Å². The average Bonchev–Trinajstić information content (AvgIpc) is 3.72. The van der Waals surface area contributed by atoms with Crippen molar-refractivity contribution in [2.24, 2.45) is 0 Å². The first kappa shape index (κ1) is 31.2. The molecule has 0 aromatic carbocycles. The van der Waals surface area contributed by atoms with Gasteiger partial charge < -0.3 is 39.0 Å². The Bertz CT molecular complexity index is 1660. The molecule has 1 aliphatic rings. The highest BCUT2D eigenvalue weighted by Crippen LogP contribution is 2.35. The van der Waals surface area contributed by atoms with Crippen LogP contribution in [0.3, 0.4) is 0 Å². The quantitative estimate of drug-likeness (QED) is 0.123. The maximum atomic E-state index is 12.7. The topological polar surface area (TPSA) is 249 Å². The number of anilines is 2. The van der Waals surface area contributed by atoms with Crippen LogP contribution < -0.4 is 17.0 Å². The first-order valence-corrected chi connectivity index (χ1v) is 15.6. The van der Waals surface area contributed by atoms with Crippen molar-refractivity contribution >= 4 is 50.6 Å². The van der Waals surface area contributed by atoms with Crippen LogP contribution >= 0.6 is 16.5 Å². The molecule has 21 heteroatoms. The highest BCUT2D eigenvalue weighted by Gasteiger charge is 2.29. The minimum Gasteiger partial charge on any atom is -0.382 e. The van der Waals surface area contributed by atoms with Crippen LogP contribution in [0.1, 0.15) is 38.6 Å². The van der Waals surface area contributed by atoms with E-state index in [1.165, 1.54) is 26.1 Å². The van der Waals surface area contributed by atoms with Crippen molar-refractivity contribution in [1.82, 2.24) is 39.0 Å². The lowest BCUT2D eigenvalue weighted by molar-refractivity contribution is -0.0360. The Morgan fingerprint density at radius 2 is 1.88 bits per heavy atom. The number of hydrogen-bond donors (Lipinski definition) is 3. The van der Waals surface area contributed by atoms with Gasteiger partial charge in [0.15, 0.2) is 22.6 Å². The highest BCUT2D eigenvalue weighted by atomic mass is 31.1. The van der Waals surface area contributed by atoms with Gasteiger partial charge in [0.25, 0.3) is 5.56 Å². The fourth-order valence-corrected chi connectivity index (χ4v) is 5.75. The lowest BCUT2D eigenvalue weighted by atomic mass is 10.2. The molecule has 1 fully saturated rings. The number of nitrogens with one attached hydrogen (secondary N) is 1. The number of fused-ring (bicyclic) bond motifs is 2. The molecule has 1 aliphatic heterocycles. The monoisotopic (exact) mass is 642 g/mol. The fourth-order valence-electron chi connectivity index (χ4n) is 4.57. The van der Waals surface area contributed by atoms with E-state index in [0.717, 1.165) is 0 Å². The smallest absolute Gasteiger partial charge is 0.319 e. The van der Waals surface area contributed by atoms with Crippen molar-refractivity contribution in [2.45, 2.75) is 50.8 Å². The number of imidazole rings is 2. The molecule has 5 rings (SSSR count). The molecule has 5 N–H and O–H groups in total. The van der Waals surface area contributed by atoms with Crippen LogP contribution in [0.15, 0.2) is 23.8 Å². The van der Waals surface area contributed by atoms with Gasteiger partial charge in [-0.25, -0.2) is 19.9 Å². The molecule has 4 aromatic heterocycles. The maximum Gasteiger partial charge on any atom is 0.319 e. The molecular formula is C22H32N10O9P2. The van der Waals surface area contributed by atoms with Crippen molar-refractivity contribution in [3.05, 3.63) is 29.3 Å². The zero-order valence-electron chi connectivity index (χ0n) is 23.2. The van der Waals surface area contributed by atoms with E-state index in [2.05, 4.69) is 34.4 Å². The number of nitrogen functional groups attached to an aromatic ring is 2. The number of ether oxygens (including phenoxy) is 2. The van der Waals surface area contributed by atoms with E-state index in [1.807, 2.05) is 0 Å². The van der Waals surface area contributed by atoms with Crippen LogP contribution in [0.4, 0.5) is 11.8 Å². The van der Waals surface area contributed by atoms with E-state index in [4.69, 9.17) is 34.5 Å². The Balaban J connectivity index is 1.15. The molecule has 5 heterocycles. The molecule has 0 spiro atoms. The summed E-state index contributed by atoms with van der Waals surface area (Å²) in [5, 5.41) is 0. The second-order valence-corrected chi connectivity index (χ2v) is 11.7. The molecule has 4 aromatic rings. The number of H-pyrrole nitrogens is 1. The molecule has 0 bridgehead atoms. The summed E-state index contributed by atoms with van der Waals surface area (Å²) in [6, 6.07) is 0. The fraction of sp³-hybridized carbons (Fsp3) is 0.545. The summed E-state index contributed by atoms with van der Waals surface area (Å²) >= 11 is 0. The Labute approximate surface area is 245 Å². The van der Waals surface area contributed by atoms with E-state index in [-0.39, 0.29) is 49.6 Å². The zero-order chi connectivity index (χ0) is 30.5. The first-order chi connectivity index (χ1) is 20.7. The molecule has 1 saturated heterocycles. The maximum absolute atomic E-state index is 12.7. The molecule has 0 aliphatic carbocycles. The van der Waals surface area contributed by atoms with E-state index in [9.17, 15) is 13.9 Å². The van der Waals surface area contributed by atoms with Crippen LogP contribution in [-0.4, -0.2) is 78.2 Å². The van der Waals surface area contributed by atoms with Crippen LogP contribution in [0, 0.1) is 0 Å². The Kier molecular flexibility index (Phi) is 10.1. The summed E-state index contributed by atoms with van der Waals surface area (Å²) in [4.78, 5) is 35.2. The minimum absolute atomic E-state index is 0.0119. The first-order valence-electron chi connectivity index (χ1n) is 13.2. The predicted octanol–water partition coefficient (Wildman–Crippen LogP) is 1.57. The van der Waals surface area contributed by atoms with Gasteiger partial charge in [-0.1, -0.05) is 0 Å². The molecule has 2 unspecified atom stereocenters. The molecule has 43 heavy (non-hydrogen) atoms. The van der Waals surface area contributed by atoms with Gasteiger partial charge in [0.05, 0.1) is 44.7 Å². The van der Waals surface area contributed by atoms with Crippen molar-refractivity contribution in [3.63, 3.8) is 0 Å². The SMILES string of the molecule is CO[PH](=O)OCCO[C@H](C[C@@H](C)O[PH](=O)OC[C@@H]1CC[C@H](n2cnc3c(=O)[nH]c(N)nc32)O1)n1cnc2c(N)ncnc21. The third-order valence-corrected chi connectivity index (χ3v) is 8.31. The van der Waals surface area contributed by atoms with Gasteiger partial charge in [-0.3, -0.25) is 28.0 Å². The zero-order valence-corrected chi connectivity index (χ0v) is 25.2. The van der Waals surface area contributed by atoms with Crippen molar-refractivity contribution in [2.75, 3.05) is 38.4 Å². The van der Waals surface area contributed by atoms with Crippen LogP contribution in [-0.2, 0) is 36.7 Å². The van der Waals surface area contributed by atoms with Gasteiger partial charge >= 0.3 is 16.5 Å². The number of hydrogen-bond acceptors (Lipinski definition) is 16. The molecule has 0 saturated carbocycles. The Morgan fingerprint density at radius 1 is 1.07 bits per heavy atom. The second kappa shape index (κ2) is 14.0. The summed E-state index contributed by atoms with van der Waals surface area (Å²) in [6.45, 7) is 1.82. The number of nitrogens with zero attached hydrogens (tertiary/aromatic N) is 7. The van der Waals surface area contributed by atoms with Gasteiger partial charge in [-0.2, -0.15) is 4.98 Å². The molecule has 19 nitrogen and oxygen atoms in total. The molecule has 0 amide bonds. The Morgan fingerprint density at radius 3 is 2.70 bits per heavy atom. The number of nitrogens with two attached hydrogens (primary N) is 2. The molecule has 0 radical (unpaired) electrons. The van der Waals surface area contributed by atoms with Crippen LogP contribution in [0.2, 0.25) is 0 Å². The van der Waals surface area contributed by atoms with Crippen molar-refractivity contribution in [3.8, 4) is 0 Å². The van der Waals surface area contributed by atoms with E-state index >= 15 is 0 Å². The summed E-state index contributed by atoms with van der Waals surface area (Å²) in [5.74, 6) is 0.184.